The van der Waals surface area contributed by atoms with Crippen molar-refractivity contribution in [2.75, 3.05) is 7.11 Å². The summed E-state index contributed by atoms with van der Waals surface area (Å²) in [6.45, 7) is 2.29. The maximum absolute atomic E-state index is 4.89. The highest BCUT2D eigenvalue weighted by atomic mass is 16.5. The van der Waals surface area contributed by atoms with Gasteiger partial charge in [-0.15, -0.1) is 0 Å². The van der Waals surface area contributed by atoms with E-state index < -0.39 is 0 Å². The van der Waals surface area contributed by atoms with Crippen LogP contribution in [0.2, 0.25) is 0 Å². The zero-order chi connectivity index (χ0) is 16.8. The van der Waals surface area contributed by atoms with Crippen LogP contribution >= 0.6 is 0 Å². The lowest BCUT2D eigenvalue weighted by atomic mass is 10.0. The van der Waals surface area contributed by atoms with Crippen molar-refractivity contribution in [1.29, 1.82) is 0 Å². The van der Waals surface area contributed by atoms with Crippen LogP contribution in [-0.4, -0.2) is 7.11 Å². The van der Waals surface area contributed by atoms with Crippen LogP contribution in [0.15, 0.2) is 12.3 Å². The zero-order valence-corrected chi connectivity index (χ0v) is 16.3. The topological polar surface area (TPSA) is 9.23 Å². The lowest BCUT2D eigenvalue weighted by molar-refractivity contribution is 0.336. The fraction of sp³-hybridized carbons (Fsp3) is 0.909. The number of hydrogen-bond acceptors (Lipinski definition) is 1. The monoisotopic (exact) mass is 324 g/mol. The Balaban J connectivity index is 2.96. The molecule has 0 radical (unpaired) electrons. The van der Waals surface area contributed by atoms with Crippen molar-refractivity contribution in [2.24, 2.45) is 0 Å². The van der Waals surface area contributed by atoms with Crippen LogP contribution < -0.4 is 0 Å². The third-order valence-electron chi connectivity index (χ3n) is 4.71. The average Bonchev–Trinajstić information content (AvgIpc) is 2.57. The summed E-state index contributed by atoms with van der Waals surface area (Å²) in [5.41, 5.74) is 0. The van der Waals surface area contributed by atoms with Crippen LogP contribution in [0.25, 0.3) is 0 Å². The Bertz CT molecular complexity index is 222. The predicted octanol–water partition coefficient (Wildman–Crippen LogP) is 8.19. The van der Waals surface area contributed by atoms with Crippen molar-refractivity contribution in [3.8, 4) is 0 Å². The first-order chi connectivity index (χ1) is 11.4. The van der Waals surface area contributed by atoms with Crippen LogP contribution in [0.4, 0.5) is 0 Å². The molecule has 0 fully saturated rings. The summed E-state index contributed by atoms with van der Waals surface area (Å²) in [6.07, 6.45) is 29.6. The third kappa shape index (κ3) is 21.5. The van der Waals surface area contributed by atoms with Gasteiger partial charge in [-0.3, -0.25) is 0 Å². The molecule has 0 unspecified atom stereocenters. The van der Waals surface area contributed by atoms with Gasteiger partial charge in [-0.2, -0.15) is 0 Å². The molecule has 1 nitrogen and oxygen atoms in total. The summed E-state index contributed by atoms with van der Waals surface area (Å²) < 4.78 is 4.89. The van der Waals surface area contributed by atoms with Gasteiger partial charge in [0.25, 0.3) is 0 Å². The first kappa shape index (κ1) is 22.5. The van der Waals surface area contributed by atoms with Gasteiger partial charge >= 0.3 is 0 Å². The Kier molecular flexibility index (Phi) is 21.1. The van der Waals surface area contributed by atoms with E-state index in [-0.39, 0.29) is 0 Å². The summed E-state index contributed by atoms with van der Waals surface area (Å²) >= 11 is 0. The molecule has 0 aliphatic heterocycles. The minimum atomic E-state index is 1.17. The molecule has 0 bridgehead atoms. The highest BCUT2D eigenvalue weighted by molar-refractivity contribution is 4.72. The summed E-state index contributed by atoms with van der Waals surface area (Å²) in [5, 5.41) is 0. The van der Waals surface area contributed by atoms with E-state index in [1.807, 2.05) is 0 Å². The average molecular weight is 325 g/mol. The molecule has 138 valence electrons. The van der Waals surface area contributed by atoms with Crippen LogP contribution in [0.3, 0.4) is 0 Å². The van der Waals surface area contributed by atoms with Gasteiger partial charge in [-0.25, -0.2) is 0 Å². The summed E-state index contributed by atoms with van der Waals surface area (Å²) in [6, 6.07) is 0. The Labute approximate surface area is 147 Å². The molecule has 0 aromatic heterocycles. The van der Waals surface area contributed by atoms with Gasteiger partial charge in [0.1, 0.15) is 0 Å². The normalized spacial score (nSPS) is 11.4. The number of ether oxygens (including phenoxy) is 1. The van der Waals surface area contributed by atoms with Crippen LogP contribution in [-0.2, 0) is 4.74 Å². The Morgan fingerprint density at radius 1 is 0.522 bits per heavy atom. The minimum Gasteiger partial charge on any atom is -0.505 e. The molecular formula is C22H44O. The summed E-state index contributed by atoms with van der Waals surface area (Å²) in [4.78, 5) is 0. The smallest absolute Gasteiger partial charge is 0.0784 e. The third-order valence-corrected chi connectivity index (χ3v) is 4.71. The van der Waals surface area contributed by atoms with Crippen LogP contribution in [0, 0.1) is 0 Å². The van der Waals surface area contributed by atoms with Gasteiger partial charge < -0.3 is 4.74 Å². The molecule has 0 N–H and O–H groups in total. The van der Waals surface area contributed by atoms with Crippen molar-refractivity contribution in [3.05, 3.63) is 12.3 Å². The van der Waals surface area contributed by atoms with E-state index in [2.05, 4.69) is 13.0 Å². The molecule has 0 saturated carbocycles. The van der Waals surface area contributed by atoms with E-state index in [0.29, 0.717) is 0 Å². The molecule has 1 heteroatoms. The van der Waals surface area contributed by atoms with Gasteiger partial charge in [0.05, 0.1) is 13.4 Å². The molecule has 0 saturated heterocycles. The van der Waals surface area contributed by atoms with E-state index in [1.165, 1.54) is 116 Å². The van der Waals surface area contributed by atoms with Gasteiger partial charge in [-0.1, -0.05) is 110 Å². The van der Waals surface area contributed by atoms with E-state index in [1.54, 1.807) is 13.4 Å². The maximum atomic E-state index is 4.89. The van der Waals surface area contributed by atoms with Crippen LogP contribution in [0.1, 0.15) is 122 Å². The quantitative estimate of drug-likeness (QED) is 0.172. The van der Waals surface area contributed by atoms with E-state index >= 15 is 0 Å². The Hall–Kier alpha value is -0.460. The summed E-state index contributed by atoms with van der Waals surface area (Å²) in [7, 11) is 1.71. The Morgan fingerprint density at radius 3 is 1.22 bits per heavy atom. The fourth-order valence-electron chi connectivity index (χ4n) is 3.15. The van der Waals surface area contributed by atoms with Crippen molar-refractivity contribution in [2.45, 2.75) is 122 Å². The molecule has 0 aliphatic rings. The van der Waals surface area contributed by atoms with Crippen molar-refractivity contribution < 1.29 is 4.74 Å². The van der Waals surface area contributed by atoms with Crippen molar-refractivity contribution >= 4 is 0 Å². The maximum Gasteiger partial charge on any atom is 0.0784 e. The molecule has 0 rings (SSSR count). The second-order valence-electron chi connectivity index (χ2n) is 7.05. The molecule has 23 heavy (non-hydrogen) atoms. The highest BCUT2D eigenvalue weighted by Gasteiger charge is 1.94. The van der Waals surface area contributed by atoms with Crippen LogP contribution in [0.5, 0.6) is 0 Å². The second kappa shape index (κ2) is 21.5. The number of allylic oxidation sites excluding steroid dienone is 1. The highest BCUT2D eigenvalue weighted by Crippen LogP contribution is 2.14. The van der Waals surface area contributed by atoms with Gasteiger partial charge in [-0.05, 0) is 18.9 Å². The number of rotatable bonds is 19. The van der Waals surface area contributed by atoms with Gasteiger partial charge in [0, 0.05) is 0 Å². The first-order valence-corrected chi connectivity index (χ1v) is 10.6. The summed E-state index contributed by atoms with van der Waals surface area (Å²) in [5.74, 6) is 0. The van der Waals surface area contributed by atoms with Gasteiger partial charge in [0.15, 0.2) is 0 Å². The first-order valence-electron chi connectivity index (χ1n) is 10.6. The largest absolute Gasteiger partial charge is 0.505 e. The van der Waals surface area contributed by atoms with E-state index in [0.717, 1.165) is 0 Å². The number of hydrogen-bond donors (Lipinski definition) is 0. The Morgan fingerprint density at radius 2 is 0.870 bits per heavy atom. The minimum absolute atomic E-state index is 1.17. The standard InChI is InChI=1S/C22H44O/c1-3-4-5-6-7-8-9-10-11-12-13-14-15-16-17-18-19-20-21-22-23-2/h21-22H,3-20H2,1-2H3/b22-21+. The molecule has 0 spiro atoms. The molecule has 0 amide bonds. The molecule has 0 aliphatic carbocycles. The predicted molar refractivity (Wildman–Crippen MR) is 105 cm³/mol. The van der Waals surface area contributed by atoms with E-state index in [9.17, 15) is 0 Å². The lowest BCUT2D eigenvalue weighted by Gasteiger charge is -2.03. The second-order valence-corrected chi connectivity index (χ2v) is 7.05. The molecular weight excluding hydrogens is 280 g/mol. The molecule has 0 aromatic rings. The van der Waals surface area contributed by atoms with E-state index in [4.69, 9.17) is 4.74 Å². The molecule has 0 heterocycles. The molecule has 0 aromatic carbocycles. The SMILES string of the molecule is CCCCCCCCCCCCCCCCCCC/C=C/OC. The molecule has 0 atom stereocenters. The van der Waals surface area contributed by atoms with Gasteiger partial charge in [0.2, 0.25) is 0 Å². The zero-order valence-electron chi connectivity index (χ0n) is 16.3. The lowest BCUT2D eigenvalue weighted by Crippen LogP contribution is -1.83. The number of unbranched alkanes of at least 4 members (excludes halogenated alkanes) is 17. The fourth-order valence-corrected chi connectivity index (χ4v) is 3.15. The van der Waals surface area contributed by atoms with Crippen molar-refractivity contribution in [1.82, 2.24) is 0 Å². The number of methoxy groups -OCH3 is 1. The van der Waals surface area contributed by atoms with Crippen molar-refractivity contribution in [3.63, 3.8) is 0 Å².